The van der Waals surface area contributed by atoms with E-state index < -0.39 is 0 Å². The van der Waals surface area contributed by atoms with Gasteiger partial charge in [-0.2, -0.15) is 0 Å². The largest absolute Gasteiger partial charge is 0.333 e. The molecule has 0 fully saturated rings. The zero-order valence-electron chi connectivity index (χ0n) is 9.86. The van der Waals surface area contributed by atoms with E-state index in [0.717, 1.165) is 29.8 Å². The third-order valence-electron chi connectivity index (χ3n) is 2.68. The highest BCUT2D eigenvalue weighted by atomic mass is 79.9. The fraction of sp³-hybridized carbons (Fsp3) is 0.308. The minimum Gasteiger partial charge on any atom is -0.333 e. The van der Waals surface area contributed by atoms with E-state index in [4.69, 9.17) is 0 Å². The molecule has 0 spiro atoms. The molecule has 0 saturated heterocycles. The average Bonchev–Trinajstić information content (AvgIpc) is 2.77. The molecule has 2 aromatic rings. The van der Waals surface area contributed by atoms with Gasteiger partial charge in [0.15, 0.2) is 0 Å². The SMILES string of the molecule is CNCCn1ccnc1Cc1ccc(Br)cc1. The van der Waals surface area contributed by atoms with Gasteiger partial charge in [0, 0.05) is 36.4 Å². The van der Waals surface area contributed by atoms with Crippen LogP contribution >= 0.6 is 15.9 Å². The van der Waals surface area contributed by atoms with Crippen molar-refractivity contribution < 1.29 is 0 Å². The van der Waals surface area contributed by atoms with Crippen LogP contribution in [0.4, 0.5) is 0 Å². The molecule has 0 aliphatic rings. The molecule has 1 heterocycles. The lowest BCUT2D eigenvalue weighted by molar-refractivity contribution is 0.621. The van der Waals surface area contributed by atoms with Crippen molar-refractivity contribution in [1.29, 1.82) is 0 Å². The molecule has 0 unspecified atom stereocenters. The van der Waals surface area contributed by atoms with Gasteiger partial charge in [-0.3, -0.25) is 0 Å². The van der Waals surface area contributed by atoms with Gasteiger partial charge in [-0.15, -0.1) is 0 Å². The van der Waals surface area contributed by atoms with Crippen LogP contribution in [0.1, 0.15) is 11.4 Å². The van der Waals surface area contributed by atoms with E-state index in [9.17, 15) is 0 Å². The van der Waals surface area contributed by atoms with Gasteiger partial charge in [0.1, 0.15) is 5.82 Å². The molecule has 17 heavy (non-hydrogen) atoms. The normalized spacial score (nSPS) is 10.7. The zero-order chi connectivity index (χ0) is 12.1. The maximum atomic E-state index is 4.41. The Morgan fingerprint density at radius 3 is 2.76 bits per heavy atom. The summed E-state index contributed by atoms with van der Waals surface area (Å²) in [4.78, 5) is 4.41. The predicted octanol–water partition coefficient (Wildman–Crippen LogP) is 2.46. The molecule has 1 N–H and O–H groups in total. The van der Waals surface area contributed by atoms with Crippen molar-refractivity contribution in [3.8, 4) is 0 Å². The van der Waals surface area contributed by atoms with Crippen molar-refractivity contribution in [3.05, 3.63) is 52.5 Å². The molecule has 0 saturated carbocycles. The maximum absolute atomic E-state index is 4.41. The summed E-state index contributed by atoms with van der Waals surface area (Å²) in [5, 5.41) is 3.15. The Labute approximate surface area is 110 Å². The third kappa shape index (κ3) is 3.41. The number of hydrogen-bond acceptors (Lipinski definition) is 2. The second kappa shape index (κ2) is 5.98. The monoisotopic (exact) mass is 293 g/mol. The summed E-state index contributed by atoms with van der Waals surface area (Å²) in [6.07, 6.45) is 4.78. The van der Waals surface area contributed by atoms with Crippen LogP contribution in [0.25, 0.3) is 0 Å². The van der Waals surface area contributed by atoms with Crippen LogP contribution in [0.15, 0.2) is 41.1 Å². The summed E-state index contributed by atoms with van der Waals surface area (Å²) in [6, 6.07) is 8.38. The lowest BCUT2D eigenvalue weighted by Gasteiger charge is -2.07. The van der Waals surface area contributed by atoms with Gasteiger partial charge in [-0.25, -0.2) is 4.98 Å². The van der Waals surface area contributed by atoms with Gasteiger partial charge in [-0.1, -0.05) is 28.1 Å². The molecule has 2 rings (SSSR count). The molecule has 0 atom stereocenters. The highest BCUT2D eigenvalue weighted by molar-refractivity contribution is 9.10. The summed E-state index contributed by atoms with van der Waals surface area (Å²) in [6.45, 7) is 1.92. The summed E-state index contributed by atoms with van der Waals surface area (Å²) < 4.78 is 3.30. The summed E-state index contributed by atoms with van der Waals surface area (Å²) >= 11 is 3.44. The topological polar surface area (TPSA) is 29.9 Å². The average molecular weight is 294 g/mol. The lowest BCUT2D eigenvalue weighted by Crippen LogP contribution is -2.16. The molecule has 90 valence electrons. The van der Waals surface area contributed by atoms with E-state index in [2.05, 4.69) is 55.1 Å². The molecule has 0 aliphatic carbocycles. The molecule has 0 aliphatic heterocycles. The van der Waals surface area contributed by atoms with Crippen molar-refractivity contribution in [2.24, 2.45) is 0 Å². The molecule has 0 bridgehead atoms. The first-order valence-corrected chi connectivity index (χ1v) is 6.48. The first-order chi connectivity index (χ1) is 8.29. The van der Waals surface area contributed by atoms with Crippen LogP contribution in [0.5, 0.6) is 0 Å². The molecule has 0 radical (unpaired) electrons. The van der Waals surface area contributed by atoms with E-state index in [1.807, 2.05) is 19.4 Å². The minimum atomic E-state index is 0.879. The number of nitrogens with one attached hydrogen (secondary N) is 1. The second-order valence-electron chi connectivity index (χ2n) is 3.94. The number of likely N-dealkylation sites (N-methyl/N-ethyl adjacent to an activating group) is 1. The van der Waals surface area contributed by atoms with Gasteiger partial charge in [0.25, 0.3) is 0 Å². The maximum Gasteiger partial charge on any atom is 0.113 e. The second-order valence-corrected chi connectivity index (χ2v) is 4.86. The van der Waals surface area contributed by atoms with Crippen LogP contribution in [-0.2, 0) is 13.0 Å². The molecular formula is C13H16BrN3. The number of rotatable bonds is 5. The number of benzene rings is 1. The summed E-state index contributed by atoms with van der Waals surface area (Å²) in [5.41, 5.74) is 1.28. The molecule has 3 nitrogen and oxygen atoms in total. The lowest BCUT2D eigenvalue weighted by atomic mass is 10.1. The van der Waals surface area contributed by atoms with E-state index in [-0.39, 0.29) is 0 Å². The number of halogens is 1. The number of aromatic nitrogens is 2. The fourth-order valence-electron chi connectivity index (χ4n) is 1.73. The highest BCUT2D eigenvalue weighted by Gasteiger charge is 2.03. The Morgan fingerprint density at radius 1 is 1.29 bits per heavy atom. The minimum absolute atomic E-state index is 0.879. The fourth-order valence-corrected chi connectivity index (χ4v) is 1.99. The Morgan fingerprint density at radius 2 is 2.06 bits per heavy atom. The third-order valence-corrected chi connectivity index (χ3v) is 3.21. The molecule has 4 heteroatoms. The predicted molar refractivity (Wildman–Crippen MR) is 73.1 cm³/mol. The molecule has 1 aromatic heterocycles. The van der Waals surface area contributed by atoms with Crippen molar-refractivity contribution in [2.45, 2.75) is 13.0 Å². The molecular weight excluding hydrogens is 278 g/mol. The van der Waals surface area contributed by atoms with Crippen molar-refractivity contribution >= 4 is 15.9 Å². The number of imidazole rings is 1. The van der Waals surface area contributed by atoms with Gasteiger partial charge in [0.05, 0.1) is 0 Å². The standard InChI is InChI=1S/C13H16BrN3/c1-15-6-8-17-9-7-16-13(17)10-11-2-4-12(14)5-3-11/h2-5,7,9,15H,6,8,10H2,1H3. The quantitative estimate of drug-likeness (QED) is 0.918. The van der Waals surface area contributed by atoms with Crippen LogP contribution in [-0.4, -0.2) is 23.1 Å². The van der Waals surface area contributed by atoms with Crippen LogP contribution in [0.3, 0.4) is 0 Å². The van der Waals surface area contributed by atoms with Gasteiger partial charge < -0.3 is 9.88 Å². The summed E-state index contributed by atoms with van der Waals surface area (Å²) in [7, 11) is 1.96. The first-order valence-electron chi connectivity index (χ1n) is 5.68. The van der Waals surface area contributed by atoms with Crippen molar-refractivity contribution in [2.75, 3.05) is 13.6 Å². The first kappa shape index (κ1) is 12.3. The summed E-state index contributed by atoms with van der Waals surface area (Å²) in [5.74, 6) is 1.11. The Bertz CT molecular complexity index is 462. The smallest absolute Gasteiger partial charge is 0.113 e. The van der Waals surface area contributed by atoms with E-state index in [1.165, 1.54) is 5.56 Å². The van der Waals surface area contributed by atoms with Crippen molar-refractivity contribution in [3.63, 3.8) is 0 Å². The Balaban J connectivity index is 2.07. The molecule has 0 amide bonds. The van der Waals surface area contributed by atoms with Gasteiger partial charge in [-0.05, 0) is 24.7 Å². The van der Waals surface area contributed by atoms with Crippen molar-refractivity contribution in [1.82, 2.24) is 14.9 Å². The number of hydrogen-bond donors (Lipinski definition) is 1. The van der Waals surface area contributed by atoms with Crippen LogP contribution < -0.4 is 5.32 Å². The van der Waals surface area contributed by atoms with E-state index in [1.54, 1.807) is 0 Å². The van der Waals surface area contributed by atoms with Gasteiger partial charge in [0.2, 0.25) is 0 Å². The van der Waals surface area contributed by atoms with Gasteiger partial charge >= 0.3 is 0 Å². The van der Waals surface area contributed by atoms with E-state index >= 15 is 0 Å². The zero-order valence-corrected chi connectivity index (χ0v) is 11.4. The number of nitrogens with zero attached hydrogens (tertiary/aromatic N) is 2. The molecule has 1 aromatic carbocycles. The van der Waals surface area contributed by atoms with Crippen LogP contribution in [0, 0.1) is 0 Å². The van der Waals surface area contributed by atoms with Crippen LogP contribution in [0.2, 0.25) is 0 Å². The highest BCUT2D eigenvalue weighted by Crippen LogP contribution is 2.13. The Kier molecular flexibility index (Phi) is 4.34. The van der Waals surface area contributed by atoms with E-state index in [0.29, 0.717) is 0 Å². The Hall–Kier alpha value is -1.13.